The van der Waals surface area contributed by atoms with Gasteiger partial charge in [-0.15, -0.1) is 0 Å². The fourth-order valence-corrected chi connectivity index (χ4v) is 2.82. The number of hydrogen-bond donors (Lipinski definition) is 2. The van der Waals surface area contributed by atoms with E-state index < -0.39 is 10.0 Å². The molecule has 6 nitrogen and oxygen atoms in total. The molecule has 2 rings (SSSR count). The summed E-state index contributed by atoms with van der Waals surface area (Å²) in [6.45, 7) is 3.70. The molecule has 2 aromatic rings. The van der Waals surface area contributed by atoms with Crippen molar-refractivity contribution < 1.29 is 8.42 Å². The van der Waals surface area contributed by atoms with Crippen LogP contribution in [-0.2, 0) is 17.1 Å². The third kappa shape index (κ3) is 2.70. The van der Waals surface area contributed by atoms with Crippen LogP contribution in [0.3, 0.4) is 0 Å². The second-order valence-corrected chi connectivity index (χ2v) is 6.16. The van der Waals surface area contributed by atoms with Gasteiger partial charge in [-0.2, -0.15) is 5.10 Å². The molecule has 0 atom stereocenters. The highest BCUT2D eigenvalue weighted by molar-refractivity contribution is 7.92. The molecule has 1 aromatic heterocycles. The Labute approximate surface area is 112 Å². The third-order valence-corrected chi connectivity index (χ3v) is 4.17. The molecule has 7 heteroatoms. The summed E-state index contributed by atoms with van der Waals surface area (Å²) in [5, 5.41) is 3.85. The van der Waals surface area contributed by atoms with Gasteiger partial charge in [-0.1, -0.05) is 6.07 Å². The molecule has 0 spiro atoms. The molecule has 1 aromatic carbocycles. The van der Waals surface area contributed by atoms with Crippen LogP contribution in [0.1, 0.15) is 11.1 Å². The van der Waals surface area contributed by atoms with Crippen LogP contribution in [0.5, 0.6) is 0 Å². The van der Waals surface area contributed by atoms with E-state index in [1.165, 1.54) is 17.1 Å². The lowest BCUT2D eigenvalue weighted by atomic mass is 10.1. The van der Waals surface area contributed by atoms with Crippen LogP contribution in [0.25, 0.3) is 0 Å². The average molecular weight is 280 g/mol. The maximum Gasteiger partial charge on any atom is 0.265 e. The Morgan fingerprint density at radius 3 is 2.53 bits per heavy atom. The number of nitrogens with one attached hydrogen (secondary N) is 1. The second kappa shape index (κ2) is 4.58. The maximum absolute atomic E-state index is 12.2. The Balaban J connectivity index is 2.38. The highest BCUT2D eigenvalue weighted by Gasteiger charge is 2.17. The predicted octanol–water partition coefficient (Wildman–Crippen LogP) is 1.42. The van der Waals surface area contributed by atoms with Gasteiger partial charge in [0, 0.05) is 18.9 Å². The van der Waals surface area contributed by atoms with Crippen LogP contribution in [0.2, 0.25) is 0 Å². The first kappa shape index (κ1) is 13.4. The van der Waals surface area contributed by atoms with Gasteiger partial charge in [0.1, 0.15) is 4.90 Å². The zero-order valence-corrected chi connectivity index (χ0v) is 11.8. The summed E-state index contributed by atoms with van der Waals surface area (Å²) >= 11 is 0. The summed E-state index contributed by atoms with van der Waals surface area (Å²) in [4.78, 5) is 0.119. The Hall–Kier alpha value is -2.02. The molecule has 19 heavy (non-hydrogen) atoms. The van der Waals surface area contributed by atoms with Crippen molar-refractivity contribution in [2.45, 2.75) is 18.7 Å². The van der Waals surface area contributed by atoms with Gasteiger partial charge < -0.3 is 5.73 Å². The van der Waals surface area contributed by atoms with Crippen LogP contribution < -0.4 is 10.5 Å². The van der Waals surface area contributed by atoms with Crippen molar-refractivity contribution in [3.05, 3.63) is 35.7 Å². The van der Waals surface area contributed by atoms with E-state index in [1.807, 2.05) is 19.9 Å². The van der Waals surface area contributed by atoms with Crippen LogP contribution >= 0.6 is 0 Å². The van der Waals surface area contributed by atoms with E-state index in [4.69, 9.17) is 5.73 Å². The number of anilines is 2. The van der Waals surface area contributed by atoms with Gasteiger partial charge in [0.05, 0.1) is 11.9 Å². The topological polar surface area (TPSA) is 90.0 Å². The average Bonchev–Trinajstić information content (AvgIpc) is 2.73. The Kier molecular flexibility index (Phi) is 3.23. The molecule has 0 unspecified atom stereocenters. The lowest BCUT2D eigenvalue weighted by Crippen LogP contribution is -2.13. The van der Waals surface area contributed by atoms with Crippen LogP contribution in [0.15, 0.2) is 29.4 Å². The summed E-state index contributed by atoms with van der Waals surface area (Å²) in [5.74, 6) is 0. The van der Waals surface area contributed by atoms with Crippen LogP contribution in [0.4, 0.5) is 11.4 Å². The highest BCUT2D eigenvalue weighted by Crippen LogP contribution is 2.24. The van der Waals surface area contributed by atoms with Gasteiger partial charge in [-0.05, 0) is 31.0 Å². The molecule has 0 aliphatic carbocycles. The monoisotopic (exact) mass is 280 g/mol. The van der Waals surface area contributed by atoms with Gasteiger partial charge in [0.2, 0.25) is 0 Å². The van der Waals surface area contributed by atoms with Gasteiger partial charge in [0.15, 0.2) is 0 Å². The number of nitrogen functional groups attached to an aromatic ring is 1. The van der Waals surface area contributed by atoms with Gasteiger partial charge in [-0.3, -0.25) is 9.40 Å². The van der Waals surface area contributed by atoms with Crippen molar-refractivity contribution in [1.29, 1.82) is 0 Å². The van der Waals surface area contributed by atoms with Crippen LogP contribution in [0, 0.1) is 13.8 Å². The lowest BCUT2D eigenvalue weighted by Gasteiger charge is -2.11. The minimum absolute atomic E-state index is 0.119. The fraction of sp³-hybridized carbons (Fsp3) is 0.250. The summed E-state index contributed by atoms with van der Waals surface area (Å²) < 4.78 is 28.3. The number of aromatic nitrogens is 2. The molecular weight excluding hydrogens is 264 g/mol. The van der Waals surface area contributed by atoms with E-state index in [-0.39, 0.29) is 4.90 Å². The van der Waals surface area contributed by atoms with Gasteiger partial charge in [0.25, 0.3) is 10.0 Å². The molecular formula is C12H16N4O2S. The zero-order chi connectivity index (χ0) is 14.2. The summed E-state index contributed by atoms with van der Waals surface area (Å²) in [7, 11) is -1.97. The van der Waals surface area contributed by atoms with E-state index >= 15 is 0 Å². The minimum atomic E-state index is -3.63. The third-order valence-electron chi connectivity index (χ3n) is 2.85. The molecule has 0 saturated carbocycles. The van der Waals surface area contributed by atoms with E-state index in [1.54, 1.807) is 13.1 Å². The van der Waals surface area contributed by atoms with Crippen molar-refractivity contribution in [3.8, 4) is 0 Å². The quantitative estimate of drug-likeness (QED) is 0.832. The number of aryl methyl sites for hydroxylation is 3. The normalized spacial score (nSPS) is 11.5. The molecule has 0 amide bonds. The molecule has 0 aliphatic heterocycles. The summed E-state index contributed by atoms with van der Waals surface area (Å²) in [5.41, 5.74) is 8.57. The first-order valence-electron chi connectivity index (χ1n) is 5.68. The van der Waals surface area contributed by atoms with Crippen molar-refractivity contribution in [1.82, 2.24) is 9.78 Å². The number of nitrogens with zero attached hydrogens (tertiary/aromatic N) is 2. The van der Waals surface area contributed by atoms with Gasteiger partial charge >= 0.3 is 0 Å². The largest absolute Gasteiger partial charge is 0.398 e. The fourth-order valence-electron chi connectivity index (χ4n) is 1.72. The SMILES string of the molecule is Cc1cc(C)c(NS(=O)(=O)c2cnn(C)c2)cc1N. The predicted molar refractivity (Wildman–Crippen MR) is 74.3 cm³/mol. The van der Waals surface area contributed by atoms with E-state index in [9.17, 15) is 8.42 Å². The number of benzene rings is 1. The Bertz CT molecular complexity index is 719. The molecule has 0 aliphatic rings. The minimum Gasteiger partial charge on any atom is -0.398 e. The summed E-state index contributed by atoms with van der Waals surface area (Å²) in [6.07, 6.45) is 2.74. The maximum atomic E-state index is 12.2. The molecule has 0 saturated heterocycles. The van der Waals surface area contributed by atoms with E-state index in [2.05, 4.69) is 9.82 Å². The molecule has 3 N–H and O–H groups in total. The molecule has 0 radical (unpaired) electrons. The molecule has 0 bridgehead atoms. The number of sulfonamides is 1. The smallest absolute Gasteiger partial charge is 0.265 e. The Morgan fingerprint density at radius 2 is 1.95 bits per heavy atom. The molecule has 1 heterocycles. The van der Waals surface area contributed by atoms with Gasteiger partial charge in [-0.25, -0.2) is 8.42 Å². The first-order chi connectivity index (χ1) is 8.79. The Morgan fingerprint density at radius 1 is 1.26 bits per heavy atom. The van der Waals surface area contributed by atoms with Crippen LogP contribution in [-0.4, -0.2) is 18.2 Å². The highest BCUT2D eigenvalue weighted by atomic mass is 32.2. The number of nitrogens with two attached hydrogens (primary N) is 1. The van der Waals surface area contributed by atoms with E-state index in [0.29, 0.717) is 11.4 Å². The van der Waals surface area contributed by atoms with Crippen molar-refractivity contribution in [2.75, 3.05) is 10.5 Å². The lowest BCUT2D eigenvalue weighted by molar-refractivity contribution is 0.601. The molecule has 0 fully saturated rings. The van der Waals surface area contributed by atoms with E-state index in [0.717, 1.165) is 11.1 Å². The van der Waals surface area contributed by atoms with Crippen molar-refractivity contribution >= 4 is 21.4 Å². The standard InChI is InChI=1S/C12H16N4O2S/c1-8-4-9(2)12(5-11(8)13)15-19(17,18)10-6-14-16(3)7-10/h4-7,15H,13H2,1-3H3. The van der Waals surface area contributed by atoms with Crippen molar-refractivity contribution in [3.63, 3.8) is 0 Å². The van der Waals surface area contributed by atoms with Crippen molar-refractivity contribution in [2.24, 2.45) is 7.05 Å². The molecule has 102 valence electrons. The first-order valence-corrected chi connectivity index (χ1v) is 7.16. The zero-order valence-electron chi connectivity index (χ0n) is 11.0. The second-order valence-electron chi connectivity index (χ2n) is 4.48. The summed E-state index contributed by atoms with van der Waals surface area (Å²) in [6, 6.07) is 3.47. The number of rotatable bonds is 3. The number of hydrogen-bond acceptors (Lipinski definition) is 4.